The van der Waals surface area contributed by atoms with Crippen LogP contribution in [0, 0.1) is 11.8 Å². The zero-order valence-corrected chi connectivity index (χ0v) is 9.63. The van der Waals surface area contributed by atoms with E-state index in [1.165, 1.54) is 17.8 Å². The van der Waals surface area contributed by atoms with E-state index >= 15 is 0 Å². The monoisotopic (exact) mass is 231 g/mol. The van der Waals surface area contributed by atoms with E-state index < -0.39 is 0 Å². The highest BCUT2D eigenvalue weighted by Crippen LogP contribution is 2.44. The van der Waals surface area contributed by atoms with Crippen LogP contribution in [0.25, 0.3) is 10.2 Å². The largest absolute Gasteiger partial charge is 0.358 e. The maximum atomic E-state index is 4.61. The van der Waals surface area contributed by atoms with Crippen molar-refractivity contribution in [2.45, 2.75) is 6.04 Å². The van der Waals surface area contributed by atoms with Crippen LogP contribution in [-0.4, -0.2) is 24.1 Å². The molecule has 4 heteroatoms. The van der Waals surface area contributed by atoms with Crippen molar-refractivity contribution in [1.82, 2.24) is 10.3 Å². The van der Waals surface area contributed by atoms with Gasteiger partial charge in [0.2, 0.25) is 0 Å². The first-order valence-corrected chi connectivity index (χ1v) is 6.56. The average Bonchev–Trinajstić information content (AvgIpc) is 2.75. The van der Waals surface area contributed by atoms with Crippen molar-refractivity contribution in [2.24, 2.45) is 11.8 Å². The van der Waals surface area contributed by atoms with Crippen molar-refractivity contribution in [3.63, 3.8) is 0 Å². The van der Waals surface area contributed by atoms with E-state index in [4.69, 9.17) is 0 Å². The Kier molecular flexibility index (Phi) is 1.78. The summed E-state index contributed by atoms with van der Waals surface area (Å²) in [5.74, 6) is 1.68. The van der Waals surface area contributed by atoms with E-state index in [1.54, 1.807) is 11.3 Å². The number of rotatable bonds is 2. The Bertz CT molecular complexity index is 493. The van der Waals surface area contributed by atoms with Gasteiger partial charge in [-0.05, 0) is 24.0 Å². The normalized spacial score (nSPS) is 31.6. The van der Waals surface area contributed by atoms with Crippen LogP contribution in [0.15, 0.2) is 24.3 Å². The van der Waals surface area contributed by atoms with Crippen LogP contribution in [0.1, 0.15) is 0 Å². The zero-order valence-electron chi connectivity index (χ0n) is 8.81. The zero-order chi connectivity index (χ0) is 10.5. The molecule has 1 aliphatic carbocycles. The third-order valence-electron chi connectivity index (χ3n) is 3.68. The molecule has 4 rings (SSSR count). The Morgan fingerprint density at radius 3 is 2.88 bits per heavy atom. The molecule has 2 unspecified atom stereocenters. The molecule has 1 aliphatic heterocycles. The van der Waals surface area contributed by atoms with Gasteiger partial charge in [0.1, 0.15) is 0 Å². The highest BCUT2D eigenvalue weighted by molar-refractivity contribution is 7.22. The minimum Gasteiger partial charge on any atom is -0.358 e. The van der Waals surface area contributed by atoms with Crippen LogP contribution in [0.3, 0.4) is 0 Å². The van der Waals surface area contributed by atoms with E-state index in [1.807, 2.05) is 6.07 Å². The lowest BCUT2D eigenvalue weighted by Crippen LogP contribution is -2.21. The molecule has 2 aromatic rings. The SMILES string of the molecule is c1ccc2sc(NC3C4CNCC43)nc2c1. The Morgan fingerprint density at radius 2 is 2.06 bits per heavy atom. The van der Waals surface area contributed by atoms with Gasteiger partial charge in [0, 0.05) is 19.1 Å². The Balaban J connectivity index is 1.59. The molecule has 82 valence electrons. The van der Waals surface area contributed by atoms with E-state index in [0.717, 1.165) is 22.5 Å². The number of para-hydroxylation sites is 1. The molecule has 2 heterocycles. The first-order chi connectivity index (χ1) is 7.92. The number of aromatic nitrogens is 1. The lowest BCUT2D eigenvalue weighted by atomic mass is 10.3. The molecule has 1 saturated carbocycles. The van der Waals surface area contributed by atoms with Gasteiger partial charge < -0.3 is 10.6 Å². The number of hydrogen-bond acceptors (Lipinski definition) is 4. The lowest BCUT2D eigenvalue weighted by Gasteiger charge is -2.04. The van der Waals surface area contributed by atoms with Crippen molar-refractivity contribution in [1.29, 1.82) is 0 Å². The fourth-order valence-electron chi connectivity index (χ4n) is 2.71. The number of nitrogens with zero attached hydrogens (tertiary/aromatic N) is 1. The molecule has 0 spiro atoms. The van der Waals surface area contributed by atoms with Crippen molar-refractivity contribution in [2.75, 3.05) is 18.4 Å². The summed E-state index contributed by atoms with van der Waals surface area (Å²) in [6.07, 6.45) is 0. The van der Waals surface area contributed by atoms with Gasteiger partial charge in [-0.1, -0.05) is 23.5 Å². The first kappa shape index (κ1) is 8.96. The van der Waals surface area contributed by atoms with Gasteiger partial charge in [0.15, 0.2) is 5.13 Å². The fraction of sp³-hybridized carbons (Fsp3) is 0.417. The highest BCUT2D eigenvalue weighted by atomic mass is 32.1. The maximum absolute atomic E-state index is 4.61. The summed E-state index contributed by atoms with van der Waals surface area (Å²) in [5.41, 5.74) is 1.11. The molecule has 3 nitrogen and oxygen atoms in total. The summed E-state index contributed by atoms with van der Waals surface area (Å²) in [6, 6.07) is 8.99. The van der Waals surface area contributed by atoms with Crippen LogP contribution in [0.5, 0.6) is 0 Å². The van der Waals surface area contributed by atoms with Crippen molar-refractivity contribution in [3.05, 3.63) is 24.3 Å². The number of piperidine rings is 1. The topological polar surface area (TPSA) is 37.0 Å². The molecule has 2 N–H and O–H groups in total. The predicted octanol–water partition coefficient (Wildman–Crippen LogP) is 1.93. The first-order valence-electron chi connectivity index (χ1n) is 5.75. The molecule has 1 aromatic carbocycles. The minimum absolute atomic E-state index is 0.668. The van der Waals surface area contributed by atoms with Gasteiger partial charge in [0.25, 0.3) is 0 Å². The summed E-state index contributed by atoms with van der Waals surface area (Å²) >= 11 is 1.76. The second-order valence-electron chi connectivity index (χ2n) is 4.64. The molecule has 2 fully saturated rings. The van der Waals surface area contributed by atoms with E-state index in [9.17, 15) is 0 Å². The van der Waals surface area contributed by atoms with Gasteiger partial charge in [-0.3, -0.25) is 0 Å². The summed E-state index contributed by atoms with van der Waals surface area (Å²) < 4.78 is 1.27. The predicted molar refractivity (Wildman–Crippen MR) is 66.9 cm³/mol. The van der Waals surface area contributed by atoms with E-state index in [2.05, 4.69) is 33.8 Å². The Labute approximate surface area is 97.9 Å². The summed E-state index contributed by atoms with van der Waals surface area (Å²) in [5, 5.41) is 8.07. The molecule has 1 aromatic heterocycles. The minimum atomic E-state index is 0.668. The fourth-order valence-corrected chi connectivity index (χ4v) is 3.62. The third kappa shape index (κ3) is 1.26. The average molecular weight is 231 g/mol. The molecule has 1 saturated heterocycles. The number of nitrogens with one attached hydrogen (secondary N) is 2. The molecule has 0 amide bonds. The second kappa shape index (κ2) is 3.18. The Hall–Kier alpha value is -1.13. The number of benzene rings is 1. The van der Waals surface area contributed by atoms with Crippen molar-refractivity contribution < 1.29 is 0 Å². The molecular weight excluding hydrogens is 218 g/mol. The van der Waals surface area contributed by atoms with Gasteiger partial charge in [-0.2, -0.15) is 0 Å². The van der Waals surface area contributed by atoms with Crippen LogP contribution in [0.2, 0.25) is 0 Å². The van der Waals surface area contributed by atoms with E-state index in [0.29, 0.717) is 6.04 Å². The smallest absolute Gasteiger partial charge is 0.184 e. The van der Waals surface area contributed by atoms with Gasteiger partial charge >= 0.3 is 0 Å². The number of anilines is 1. The van der Waals surface area contributed by atoms with Crippen molar-refractivity contribution in [3.8, 4) is 0 Å². The van der Waals surface area contributed by atoms with Crippen LogP contribution < -0.4 is 10.6 Å². The van der Waals surface area contributed by atoms with E-state index in [-0.39, 0.29) is 0 Å². The molecular formula is C12H13N3S. The molecule has 0 bridgehead atoms. The highest BCUT2D eigenvalue weighted by Gasteiger charge is 2.53. The quantitative estimate of drug-likeness (QED) is 0.829. The molecule has 0 radical (unpaired) electrons. The number of fused-ring (bicyclic) bond motifs is 2. The Morgan fingerprint density at radius 1 is 1.25 bits per heavy atom. The van der Waals surface area contributed by atoms with Gasteiger partial charge in [0.05, 0.1) is 10.2 Å². The standard InChI is InChI=1S/C12H13N3S/c1-2-4-10-9(3-1)14-12(16-10)15-11-7-5-13-6-8(7)11/h1-4,7-8,11,13H,5-6H2,(H,14,15). The van der Waals surface area contributed by atoms with Gasteiger partial charge in [-0.15, -0.1) is 0 Å². The number of hydrogen-bond donors (Lipinski definition) is 2. The lowest BCUT2D eigenvalue weighted by molar-refractivity contribution is 0.697. The second-order valence-corrected chi connectivity index (χ2v) is 5.67. The van der Waals surface area contributed by atoms with Crippen molar-refractivity contribution >= 4 is 26.7 Å². The molecule has 16 heavy (non-hydrogen) atoms. The summed E-state index contributed by atoms with van der Waals surface area (Å²) in [4.78, 5) is 4.61. The summed E-state index contributed by atoms with van der Waals surface area (Å²) in [7, 11) is 0. The number of thiazole rings is 1. The maximum Gasteiger partial charge on any atom is 0.184 e. The van der Waals surface area contributed by atoms with Crippen LogP contribution >= 0.6 is 11.3 Å². The molecule has 2 atom stereocenters. The summed E-state index contributed by atoms with van der Waals surface area (Å²) in [6.45, 7) is 2.35. The van der Waals surface area contributed by atoms with Crippen LogP contribution in [0.4, 0.5) is 5.13 Å². The van der Waals surface area contributed by atoms with Crippen LogP contribution in [-0.2, 0) is 0 Å². The molecule has 2 aliphatic rings. The van der Waals surface area contributed by atoms with Gasteiger partial charge in [-0.25, -0.2) is 4.98 Å². The third-order valence-corrected chi connectivity index (χ3v) is 4.64.